The first-order valence-corrected chi connectivity index (χ1v) is 10.4. The molecule has 1 N–H and O–H groups in total. The smallest absolute Gasteiger partial charge is 0.248 e. The molecule has 0 aromatic carbocycles. The van der Waals surface area contributed by atoms with E-state index in [2.05, 4.69) is 29.7 Å². The van der Waals surface area contributed by atoms with Crippen molar-refractivity contribution in [2.75, 3.05) is 0 Å². The third kappa shape index (κ3) is 11.4. The summed E-state index contributed by atoms with van der Waals surface area (Å²) in [5.41, 5.74) is 0. The topological polar surface area (TPSA) is 19.7 Å². The minimum absolute atomic E-state index is 1.20. The maximum absolute atomic E-state index is 3.32. The molecule has 2 nitrogen and oxygen atoms in total. The molecule has 0 saturated carbocycles. The van der Waals surface area contributed by atoms with E-state index in [9.17, 15) is 0 Å². The largest absolute Gasteiger partial charge is 0.253 e. The van der Waals surface area contributed by atoms with Gasteiger partial charge in [0.2, 0.25) is 0 Å². The van der Waals surface area contributed by atoms with Crippen LogP contribution in [0.3, 0.4) is 0 Å². The lowest BCUT2D eigenvalue weighted by atomic mass is 10.0. The number of hydrogen-bond donors (Lipinski definition) is 1. The Hall–Kier alpha value is -0.790. The molecule has 0 amide bonds. The lowest BCUT2D eigenvalue weighted by molar-refractivity contribution is -0.677. The highest BCUT2D eigenvalue weighted by Crippen LogP contribution is 2.13. The van der Waals surface area contributed by atoms with Gasteiger partial charge in [0.1, 0.15) is 12.4 Å². The predicted molar refractivity (Wildman–Crippen MR) is 101 cm³/mol. The second-order valence-electron chi connectivity index (χ2n) is 7.22. The highest BCUT2D eigenvalue weighted by atomic mass is 15.0. The molecule has 1 heterocycles. The van der Waals surface area contributed by atoms with Crippen LogP contribution in [0.25, 0.3) is 0 Å². The second-order valence-corrected chi connectivity index (χ2v) is 7.22. The van der Waals surface area contributed by atoms with Gasteiger partial charge in [0.15, 0.2) is 0 Å². The molecule has 0 unspecified atom stereocenters. The number of rotatable bonds is 16. The van der Waals surface area contributed by atoms with Crippen LogP contribution in [0.2, 0.25) is 0 Å². The van der Waals surface area contributed by atoms with Gasteiger partial charge in [-0.3, -0.25) is 0 Å². The number of H-pyrrole nitrogens is 1. The first kappa shape index (κ1) is 20.3. The fourth-order valence-corrected chi connectivity index (χ4v) is 3.35. The van der Waals surface area contributed by atoms with E-state index >= 15 is 0 Å². The van der Waals surface area contributed by atoms with Gasteiger partial charge < -0.3 is 0 Å². The molecule has 1 rings (SSSR count). The fourth-order valence-electron chi connectivity index (χ4n) is 3.35. The Bertz CT molecular complexity index is 356. The zero-order valence-electron chi connectivity index (χ0n) is 15.9. The SMILES string of the molecule is CCCCCCCCCCCCCCCCCc1[nH]cc[n+]1C. The van der Waals surface area contributed by atoms with E-state index in [0.29, 0.717) is 0 Å². The van der Waals surface area contributed by atoms with E-state index in [1.807, 2.05) is 6.20 Å². The van der Waals surface area contributed by atoms with E-state index in [1.54, 1.807) is 0 Å². The summed E-state index contributed by atoms with van der Waals surface area (Å²) in [6.45, 7) is 2.29. The molecule has 134 valence electrons. The number of nitrogens with one attached hydrogen (secondary N) is 1. The van der Waals surface area contributed by atoms with Crippen LogP contribution in [0.15, 0.2) is 12.4 Å². The molecule has 0 spiro atoms. The van der Waals surface area contributed by atoms with Gasteiger partial charge in [-0.1, -0.05) is 96.8 Å². The van der Waals surface area contributed by atoms with Crippen molar-refractivity contribution in [3.63, 3.8) is 0 Å². The van der Waals surface area contributed by atoms with Crippen LogP contribution in [0, 0.1) is 0 Å². The summed E-state index contributed by atoms with van der Waals surface area (Å²) in [4.78, 5) is 3.32. The van der Waals surface area contributed by atoms with Gasteiger partial charge in [0.05, 0.1) is 7.05 Å². The van der Waals surface area contributed by atoms with Crippen molar-refractivity contribution in [2.24, 2.45) is 7.05 Å². The van der Waals surface area contributed by atoms with Crippen molar-refractivity contribution < 1.29 is 4.57 Å². The Kier molecular flexibility index (Phi) is 13.0. The summed E-state index contributed by atoms with van der Waals surface area (Å²) in [5.74, 6) is 1.36. The van der Waals surface area contributed by atoms with Crippen LogP contribution in [0.1, 0.15) is 109 Å². The monoisotopic (exact) mass is 321 g/mol. The highest BCUT2D eigenvalue weighted by Gasteiger charge is 2.04. The molecule has 0 saturated heterocycles. The van der Waals surface area contributed by atoms with E-state index < -0.39 is 0 Å². The van der Waals surface area contributed by atoms with Gasteiger partial charge in [-0.15, -0.1) is 0 Å². The Labute approximate surface area is 145 Å². The number of aromatic nitrogens is 2. The van der Waals surface area contributed by atoms with Crippen molar-refractivity contribution in [3.05, 3.63) is 18.2 Å². The normalized spacial score (nSPS) is 11.2. The summed E-state index contributed by atoms with van der Waals surface area (Å²) >= 11 is 0. The average molecular weight is 322 g/mol. The van der Waals surface area contributed by atoms with Crippen molar-refractivity contribution in [3.8, 4) is 0 Å². The molecule has 1 aromatic heterocycles. The molecule has 2 heteroatoms. The highest BCUT2D eigenvalue weighted by molar-refractivity contribution is 4.76. The standard InChI is InChI=1S/C21H40N2/c1-3-4-5-6-7-8-9-10-11-12-13-14-15-16-17-18-21-22-19-20-23(21)2/h19-20H,3-18H2,1-2H3/p+1. The van der Waals surface area contributed by atoms with Gasteiger partial charge in [0, 0.05) is 6.42 Å². The van der Waals surface area contributed by atoms with Crippen LogP contribution >= 0.6 is 0 Å². The van der Waals surface area contributed by atoms with Gasteiger partial charge in [-0.2, -0.15) is 0 Å². The fraction of sp³-hybridized carbons (Fsp3) is 0.857. The number of hydrogen-bond acceptors (Lipinski definition) is 0. The predicted octanol–water partition coefficient (Wildman–Crippen LogP) is 6.25. The molecule has 0 radical (unpaired) electrons. The number of unbranched alkanes of at least 4 members (excludes halogenated alkanes) is 14. The quantitative estimate of drug-likeness (QED) is 0.274. The summed E-state index contributed by atoms with van der Waals surface area (Å²) < 4.78 is 2.20. The minimum atomic E-state index is 1.20. The van der Waals surface area contributed by atoms with E-state index in [-0.39, 0.29) is 0 Å². The Morgan fingerprint density at radius 3 is 1.52 bits per heavy atom. The molecule has 0 aliphatic carbocycles. The van der Waals surface area contributed by atoms with Crippen LogP contribution in [-0.2, 0) is 13.5 Å². The lowest BCUT2D eigenvalue weighted by Gasteiger charge is -2.03. The average Bonchev–Trinajstić information content (AvgIpc) is 2.96. The van der Waals surface area contributed by atoms with Crippen LogP contribution < -0.4 is 4.57 Å². The number of aromatic amines is 1. The molecule has 1 aromatic rings. The van der Waals surface area contributed by atoms with Crippen LogP contribution in [-0.4, -0.2) is 4.98 Å². The Morgan fingerprint density at radius 1 is 0.696 bits per heavy atom. The zero-order chi connectivity index (χ0) is 16.6. The second kappa shape index (κ2) is 14.8. The van der Waals surface area contributed by atoms with Crippen molar-refractivity contribution in [1.29, 1.82) is 0 Å². The van der Waals surface area contributed by atoms with Gasteiger partial charge >= 0.3 is 0 Å². The van der Waals surface area contributed by atoms with Crippen molar-refractivity contribution in [1.82, 2.24) is 4.98 Å². The molecule has 0 aliphatic heterocycles. The third-order valence-electron chi connectivity index (χ3n) is 4.99. The van der Waals surface area contributed by atoms with Gasteiger partial charge in [-0.25, -0.2) is 9.55 Å². The number of aryl methyl sites for hydroxylation is 2. The first-order chi connectivity index (χ1) is 11.3. The Balaban J connectivity index is 1.72. The summed E-state index contributed by atoms with van der Waals surface area (Å²) in [7, 11) is 2.12. The van der Waals surface area contributed by atoms with E-state index in [1.165, 1.54) is 109 Å². The van der Waals surface area contributed by atoms with E-state index in [4.69, 9.17) is 0 Å². The molecule has 0 aliphatic rings. The molecule has 0 bridgehead atoms. The molecular weight excluding hydrogens is 280 g/mol. The summed E-state index contributed by atoms with van der Waals surface area (Å²) in [6.07, 6.45) is 26.9. The molecule has 23 heavy (non-hydrogen) atoms. The maximum atomic E-state index is 3.32. The molecular formula is C21H41N2+. The van der Waals surface area contributed by atoms with Crippen LogP contribution in [0.5, 0.6) is 0 Å². The third-order valence-corrected chi connectivity index (χ3v) is 4.99. The Morgan fingerprint density at radius 2 is 1.13 bits per heavy atom. The molecule has 0 atom stereocenters. The maximum Gasteiger partial charge on any atom is 0.253 e. The zero-order valence-corrected chi connectivity index (χ0v) is 15.9. The summed E-state index contributed by atoms with van der Waals surface area (Å²) in [5, 5.41) is 0. The van der Waals surface area contributed by atoms with Gasteiger partial charge in [-0.05, 0) is 6.42 Å². The number of imidazole rings is 1. The van der Waals surface area contributed by atoms with E-state index in [0.717, 1.165) is 0 Å². The van der Waals surface area contributed by atoms with Gasteiger partial charge in [0.25, 0.3) is 5.82 Å². The summed E-state index contributed by atoms with van der Waals surface area (Å²) in [6, 6.07) is 0. The van der Waals surface area contributed by atoms with Crippen molar-refractivity contribution >= 4 is 0 Å². The lowest BCUT2D eigenvalue weighted by Crippen LogP contribution is -2.30. The van der Waals surface area contributed by atoms with Crippen molar-refractivity contribution in [2.45, 2.75) is 110 Å². The van der Waals surface area contributed by atoms with Crippen LogP contribution in [0.4, 0.5) is 0 Å². The molecule has 0 fully saturated rings. The minimum Gasteiger partial charge on any atom is -0.248 e. The number of nitrogens with zero attached hydrogens (tertiary/aromatic N) is 1. The first-order valence-electron chi connectivity index (χ1n) is 10.4.